The molecule has 0 saturated carbocycles. The van der Waals surface area contributed by atoms with E-state index in [0.717, 1.165) is 36.7 Å². The van der Waals surface area contributed by atoms with Crippen molar-refractivity contribution in [3.05, 3.63) is 36.1 Å². The number of benzene rings is 1. The molecule has 0 saturated heterocycles. The van der Waals surface area contributed by atoms with Crippen LogP contribution in [0.3, 0.4) is 0 Å². The Morgan fingerprint density at radius 1 is 1.14 bits per heavy atom. The van der Waals surface area contributed by atoms with Crippen molar-refractivity contribution in [1.29, 1.82) is 0 Å². The van der Waals surface area contributed by atoms with Crippen molar-refractivity contribution < 1.29 is 14.2 Å². The van der Waals surface area contributed by atoms with Crippen LogP contribution in [0.5, 0.6) is 11.5 Å². The van der Waals surface area contributed by atoms with E-state index in [1.807, 2.05) is 24.3 Å². The van der Waals surface area contributed by atoms with E-state index in [1.54, 1.807) is 7.11 Å². The summed E-state index contributed by atoms with van der Waals surface area (Å²) in [4.78, 5) is 0. The van der Waals surface area contributed by atoms with E-state index in [2.05, 4.69) is 26.8 Å². The zero-order chi connectivity index (χ0) is 16.0. The third kappa shape index (κ3) is 4.69. The van der Waals surface area contributed by atoms with Gasteiger partial charge >= 0.3 is 0 Å². The topological polar surface area (TPSA) is 27.7 Å². The second-order valence-corrected chi connectivity index (χ2v) is 6.60. The first-order valence-corrected chi connectivity index (χ1v) is 8.20. The molecule has 1 aliphatic rings. The number of ether oxygens (including phenoxy) is 3. The summed E-state index contributed by atoms with van der Waals surface area (Å²) >= 11 is 0. The van der Waals surface area contributed by atoms with Crippen LogP contribution in [0.2, 0.25) is 0 Å². The predicted octanol–water partition coefficient (Wildman–Crippen LogP) is 4.96. The summed E-state index contributed by atoms with van der Waals surface area (Å²) in [5.74, 6) is 2.68. The van der Waals surface area contributed by atoms with E-state index in [1.165, 1.54) is 12.8 Å². The van der Waals surface area contributed by atoms with E-state index < -0.39 is 0 Å². The Morgan fingerprint density at radius 3 is 2.36 bits per heavy atom. The maximum atomic E-state index is 6.19. The number of rotatable bonds is 8. The Kier molecular flexibility index (Phi) is 5.76. The van der Waals surface area contributed by atoms with Crippen LogP contribution >= 0.6 is 0 Å². The van der Waals surface area contributed by atoms with Crippen LogP contribution in [0.4, 0.5) is 0 Å². The minimum atomic E-state index is 0.00159. The Morgan fingerprint density at radius 2 is 1.82 bits per heavy atom. The molecule has 3 nitrogen and oxygen atoms in total. The monoisotopic (exact) mass is 304 g/mol. The molecule has 0 radical (unpaired) electrons. The van der Waals surface area contributed by atoms with E-state index in [4.69, 9.17) is 14.2 Å². The second-order valence-electron chi connectivity index (χ2n) is 6.60. The van der Waals surface area contributed by atoms with Gasteiger partial charge in [-0.15, -0.1) is 0 Å². The van der Waals surface area contributed by atoms with Crippen molar-refractivity contribution in [2.24, 2.45) is 5.41 Å². The van der Waals surface area contributed by atoms with Gasteiger partial charge in [-0.05, 0) is 43.2 Å². The van der Waals surface area contributed by atoms with Gasteiger partial charge in [0.15, 0.2) is 6.10 Å². The summed E-state index contributed by atoms with van der Waals surface area (Å²) in [5, 5.41) is 0. The molecule has 122 valence electrons. The van der Waals surface area contributed by atoms with Gasteiger partial charge in [-0.1, -0.05) is 33.6 Å². The lowest BCUT2D eigenvalue weighted by molar-refractivity contribution is 0.110. The predicted molar refractivity (Wildman–Crippen MR) is 89.4 cm³/mol. The van der Waals surface area contributed by atoms with Gasteiger partial charge in [-0.2, -0.15) is 0 Å². The fourth-order valence-electron chi connectivity index (χ4n) is 2.58. The summed E-state index contributed by atoms with van der Waals surface area (Å²) in [6.07, 6.45) is 6.79. The molecule has 1 aliphatic heterocycles. The fourth-order valence-corrected chi connectivity index (χ4v) is 2.58. The summed E-state index contributed by atoms with van der Waals surface area (Å²) in [7, 11) is 1.67. The zero-order valence-corrected chi connectivity index (χ0v) is 14.2. The molecule has 1 aromatic carbocycles. The first kappa shape index (κ1) is 16.7. The minimum absolute atomic E-state index is 0.00159. The number of methoxy groups -OCH3 is 1. The maximum absolute atomic E-state index is 6.19. The molecule has 2 rings (SSSR count). The van der Waals surface area contributed by atoms with Crippen molar-refractivity contribution in [2.75, 3.05) is 13.7 Å². The van der Waals surface area contributed by atoms with Gasteiger partial charge in [0.25, 0.3) is 0 Å². The lowest BCUT2D eigenvalue weighted by atomic mass is 9.95. The summed E-state index contributed by atoms with van der Waals surface area (Å²) in [6.45, 7) is 7.33. The van der Waals surface area contributed by atoms with Gasteiger partial charge in [-0.25, -0.2) is 0 Å². The van der Waals surface area contributed by atoms with Gasteiger partial charge in [0.1, 0.15) is 17.3 Å². The second kappa shape index (κ2) is 7.57. The largest absolute Gasteiger partial charge is 0.497 e. The van der Waals surface area contributed by atoms with Crippen molar-refractivity contribution in [3.63, 3.8) is 0 Å². The van der Waals surface area contributed by atoms with Gasteiger partial charge in [0, 0.05) is 5.41 Å². The van der Waals surface area contributed by atoms with Crippen LogP contribution in [0, 0.1) is 5.41 Å². The van der Waals surface area contributed by atoms with Crippen LogP contribution in [0.1, 0.15) is 46.5 Å². The molecule has 0 aliphatic carbocycles. The highest BCUT2D eigenvalue weighted by atomic mass is 16.5. The summed E-state index contributed by atoms with van der Waals surface area (Å²) < 4.78 is 17.3. The molecule has 22 heavy (non-hydrogen) atoms. The Bertz CT molecular complexity index is 488. The molecule has 1 heterocycles. The number of unbranched alkanes of at least 4 members (excludes halogenated alkanes) is 2. The molecule has 3 heteroatoms. The average Bonchev–Trinajstić information content (AvgIpc) is 2.87. The molecule has 0 spiro atoms. The fraction of sp³-hybridized carbons (Fsp3) is 0.579. The first-order chi connectivity index (χ1) is 10.5. The molecular weight excluding hydrogens is 276 g/mol. The standard InChI is InChI=1S/C19H28O3/c1-5-6-7-8-17(18-13-19(2,3)14-21-18)22-16-11-9-15(20-4)10-12-16/h9-13,17H,5-8,14H2,1-4H3. The van der Waals surface area contributed by atoms with Gasteiger partial charge in [-0.3, -0.25) is 0 Å². The van der Waals surface area contributed by atoms with E-state index in [0.29, 0.717) is 0 Å². The number of hydrogen-bond donors (Lipinski definition) is 0. The third-order valence-electron chi connectivity index (χ3n) is 3.87. The lowest BCUT2D eigenvalue weighted by Gasteiger charge is -2.20. The molecular formula is C19H28O3. The SMILES string of the molecule is CCCCCC(Oc1ccc(OC)cc1)C1=CC(C)(C)CO1. The average molecular weight is 304 g/mol. The summed E-state index contributed by atoms with van der Waals surface area (Å²) in [6, 6.07) is 7.75. The molecule has 1 unspecified atom stereocenters. The van der Waals surface area contributed by atoms with Crippen LogP contribution in [-0.2, 0) is 4.74 Å². The normalized spacial score (nSPS) is 17.5. The molecule has 0 fully saturated rings. The number of hydrogen-bond acceptors (Lipinski definition) is 3. The van der Waals surface area contributed by atoms with Crippen molar-refractivity contribution in [2.45, 2.75) is 52.6 Å². The third-order valence-corrected chi connectivity index (χ3v) is 3.87. The molecule has 1 atom stereocenters. The molecule has 0 N–H and O–H groups in total. The van der Waals surface area contributed by atoms with Crippen molar-refractivity contribution in [1.82, 2.24) is 0 Å². The highest BCUT2D eigenvalue weighted by molar-refractivity contribution is 5.31. The zero-order valence-electron chi connectivity index (χ0n) is 14.2. The van der Waals surface area contributed by atoms with Crippen molar-refractivity contribution in [3.8, 4) is 11.5 Å². The smallest absolute Gasteiger partial charge is 0.155 e. The molecule has 0 aromatic heterocycles. The van der Waals surface area contributed by atoms with Crippen LogP contribution in [0.25, 0.3) is 0 Å². The first-order valence-electron chi connectivity index (χ1n) is 8.20. The van der Waals surface area contributed by atoms with Crippen LogP contribution < -0.4 is 9.47 Å². The van der Waals surface area contributed by atoms with E-state index >= 15 is 0 Å². The van der Waals surface area contributed by atoms with Crippen LogP contribution in [0.15, 0.2) is 36.1 Å². The highest BCUT2D eigenvalue weighted by Gasteiger charge is 2.30. The Labute approximate surface area is 134 Å². The molecule has 1 aromatic rings. The van der Waals surface area contributed by atoms with E-state index in [-0.39, 0.29) is 11.5 Å². The van der Waals surface area contributed by atoms with Crippen LogP contribution in [-0.4, -0.2) is 19.8 Å². The van der Waals surface area contributed by atoms with Crippen molar-refractivity contribution >= 4 is 0 Å². The quantitative estimate of drug-likeness (QED) is 0.635. The highest BCUT2D eigenvalue weighted by Crippen LogP contribution is 2.32. The van der Waals surface area contributed by atoms with E-state index in [9.17, 15) is 0 Å². The molecule has 0 bridgehead atoms. The minimum Gasteiger partial charge on any atom is -0.497 e. The van der Waals surface area contributed by atoms with Gasteiger partial charge in [0.2, 0.25) is 0 Å². The lowest BCUT2D eigenvalue weighted by Crippen LogP contribution is -2.20. The Balaban J connectivity index is 2.06. The Hall–Kier alpha value is -1.64. The van der Waals surface area contributed by atoms with Gasteiger partial charge < -0.3 is 14.2 Å². The molecule has 0 amide bonds. The maximum Gasteiger partial charge on any atom is 0.155 e. The van der Waals surface area contributed by atoms with Gasteiger partial charge in [0.05, 0.1) is 13.7 Å². The summed E-state index contributed by atoms with van der Waals surface area (Å²) in [5.41, 5.74) is 0.0988.